The van der Waals surface area contributed by atoms with E-state index in [1.807, 2.05) is 37.3 Å². The van der Waals surface area contributed by atoms with E-state index in [2.05, 4.69) is 5.10 Å². The first-order valence-corrected chi connectivity index (χ1v) is 7.64. The second kappa shape index (κ2) is 6.51. The van der Waals surface area contributed by atoms with Crippen molar-refractivity contribution in [2.45, 2.75) is 6.92 Å². The van der Waals surface area contributed by atoms with E-state index in [0.29, 0.717) is 5.88 Å². The van der Waals surface area contributed by atoms with Gasteiger partial charge < -0.3 is 4.74 Å². The SMILES string of the molecule is Cc1cc(Oc2c(Cl)cc([N+](=O)[O-])cc2Cl)n(-c2ccccc2)n1. The van der Waals surface area contributed by atoms with Crippen molar-refractivity contribution in [2.24, 2.45) is 0 Å². The van der Waals surface area contributed by atoms with Crippen LogP contribution in [0, 0.1) is 17.0 Å². The summed E-state index contributed by atoms with van der Waals surface area (Å²) in [6.45, 7) is 1.82. The molecule has 0 unspecified atom stereocenters. The molecule has 2 aromatic carbocycles. The zero-order valence-electron chi connectivity index (χ0n) is 12.4. The van der Waals surface area contributed by atoms with Gasteiger partial charge in [0.15, 0.2) is 5.75 Å². The Hall–Kier alpha value is -2.57. The Bertz CT molecular complexity index is 887. The van der Waals surface area contributed by atoms with Gasteiger partial charge >= 0.3 is 0 Å². The number of aryl methyl sites for hydroxylation is 1. The molecule has 3 aromatic rings. The molecule has 0 atom stereocenters. The van der Waals surface area contributed by atoms with Crippen molar-refractivity contribution >= 4 is 28.9 Å². The van der Waals surface area contributed by atoms with Crippen LogP contribution in [0.3, 0.4) is 0 Å². The van der Waals surface area contributed by atoms with Crippen molar-refractivity contribution < 1.29 is 9.66 Å². The summed E-state index contributed by atoms with van der Waals surface area (Å²) in [7, 11) is 0. The summed E-state index contributed by atoms with van der Waals surface area (Å²) in [5, 5.41) is 15.3. The quantitative estimate of drug-likeness (QED) is 0.472. The van der Waals surface area contributed by atoms with Crippen LogP contribution in [0.25, 0.3) is 5.69 Å². The summed E-state index contributed by atoms with van der Waals surface area (Å²) in [4.78, 5) is 10.3. The second-order valence-corrected chi connectivity index (χ2v) is 5.78. The Morgan fingerprint density at radius 2 is 1.75 bits per heavy atom. The molecule has 1 heterocycles. The number of nitro benzene ring substituents is 1. The number of rotatable bonds is 4. The van der Waals surface area contributed by atoms with Crippen LogP contribution >= 0.6 is 23.2 Å². The molecule has 0 aliphatic rings. The highest BCUT2D eigenvalue weighted by molar-refractivity contribution is 6.37. The molecule has 0 spiro atoms. The van der Waals surface area contributed by atoms with Gasteiger partial charge in [-0.3, -0.25) is 10.1 Å². The first-order valence-electron chi connectivity index (χ1n) is 6.89. The molecule has 0 N–H and O–H groups in total. The van der Waals surface area contributed by atoms with Crippen molar-refractivity contribution in [2.75, 3.05) is 0 Å². The number of hydrogen-bond donors (Lipinski definition) is 0. The molecule has 0 saturated carbocycles. The van der Waals surface area contributed by atoms with Crippen molar-refractivity contribution in [1.29, 1.82) is 0 Å². The number of hydrogen-bond acceptors (Lipinski definition) is 4. The van der Waals surface area contributed by atoms with Gasteiger partial charge in [0, 0.05) is 18.2 Å². The van der Waals surface area contributed by atoms with Gasteiger partial charge in [0.2, 0.25) is 5.88 Å². The minimum Gasteiger partial charge on any atom is -0.436 e. The van der Waals surface area contributed by atoms with Crippen LogP contribution in [-0.2, 0) is 0 Å². The van der Waals surface area contributed by atoms with Gasteiger partial charge in [0.25, 0.3) is 5.69 Å². The maximum atomic E-state index is 10.9. The molecule has 3 rings (SSSR count). The van der Waals surface area contributed by atoms with Crippen LogP contribution in [0.1, 0.15) is 5.69 Å². The van der Waals surface area contributed by atoms with E-state index in [1.54, 1.807) is 10.7 Å². The van der Waals surface area contributed by atoms with Crippen molar-refractivity contribution in [3.05, 3.63) is 74.4 Å². The molecule has 0 amide bonds. The average Bonchev–Trinajstić information content (AvgIpc) is 2.92. The fourth-order valence-corrected chi connectivity index (χ4v) is 2.71. The molecule has 8 heteroatoms. The van der Waals surface area contributed by atoms with Gasteiger partial charge in [-0.15, -0.1) is 0 Å². The van der Waals surface area contributed by atoms with Gasteiger partial charge in [-0.25, -0.2) is 4.68 Å². The first kappa shape index (κ1) is 16.3. The number of ether oxygens (including phenoxy) is 1. The van der Waals surface area contributed by atoms with Crippen LogP contribution in [0.15, 0.2) is 48.5 Å². The van der Waals surface area contributed by atoms with E-state index in [4.69, 9.17) is 27.9 Å². The van der Waals surface area contributed by atoms with E-state index in [1.165, 1.54) is 12.1 Å². The third-order valence-corrected chi connectivity index (χ3v) is 3.76. The van der Waals surface area contributed by atoms with Crippen molar-refractivity contribution in [3.63, 3.8) is 0 Å². The van der Waals surface area contributed by atoms with E-state index < -0.39 is 4.92 Å². The lowest BCUT2D eigenvalue weighted by Crippen LogP contribution is -2.00. The maximum absolute atomic E-state index is 10.9. The monoisotopic (exact) mass is 363 g/mol. The predicted octanol–water partition coefficient (Wildman–Crippen LogP) is 5.19. The Morgan fingerprint density at radius 1 is 1.12 bits per heavy atom. The van der Waals surface area contributed by atoms with E-state index in [-0.39, 0.29) is 21.5 Å². The second-order valence-electron chi connectivity index (χ2n) is 4.97. The third kappa shape index (κ3) is 3.20. The smallest absolute Gasteiger partial charge is 0.272 e. The van der Waals surface area contributed by atoms with Crippen LogP contribution in [0.2, 0.25) is 10.0 Å². The van der Waals surface area contributed by atoms with Crippen LogP contribution in [0.5, 0.6) is 11.6 Å². The summed E-state index contributed by atoms with van der Waals surface area (Å²) in [5.41, 5.74) is 1.34. The number of nitrogens with zero attached hydrogens (tertiary/aromatic N) is 3. The predicted molar refractivity (Wildman–Crippen MR) is 91.5 cm³/mol. The number of nitro groups is 1. The van der Waals surface area contributed by atoms with Gasteiger partial charge in [-0.1, -0.05) is 41.4 Å². The molecule has 0 radical (unpaired) electrons. The summed E-state index contributed by atoms with van der Waals surface area (Å²) >= 11 is 12.2. The summed E-state index contributed by atoms with van der Waals surface area (Å²) in [5.74, 6) is 0.539. The number of halogens is 2. The van der Waals surface area contributed by atoms with Gasteiger partial charge in [-0.05, 0) is 19.1 Å². The van der Waals surface area contributed by atoms with Crippen LogP contribution in [0.4, 0.5) is 5.69 Å². The Morgan fingerprint density at radius 3 is 2.33 bits per heavy atom. The number of non-ortho nitro benzene ring substituents is 1. The molecule has 0 fully saturated rings. The fraction of sp³-hybridized carbons (Fsp3) is 0.0625. The van der Waals surface area contributed by atoms with Gasteiger partial charge in [0.1, 0.15) is 0 Å². The molecule has 0 aliphatic carbocycles. The Balaban J connectivity index is 2.03. The fourth-order valence-electron chi connectivity index (χ4n) is 2.16. The molecule has 0 aliphatic heterocycles. The van der Waals surface area contributed by atoms with Crippen molar-refractivity contribution in [3.8, 4) is 17.3 Å². The lowest BCUT2D eigenvalue weighted by Gasteiger charge is -2.11. The molecule has 1 aromatic heterocycles. The topological polar surface area (TPSA) is 70.2 Å². The Kier molecular flexibility index (Phi) is 4.42. The summed E-state index contributed by atoms with van der Waals surface area (Å²) in [6.07, 6.45) is 0. The van der Waals surface area contributed by atoms with Crippen LogP contribution in [-0.4, -0.2) is 14.7 Å². The molecule has 0 saturated heterocycles. The number of para-hydroxylation sites is 1. The lowest BCUT2D eigenvalue weighted by atomic mass is 10.3. The Labute approximate surface area is 147 Å². The first-order chi connectivity index (χ1) is 11.5. The number of aromatic nitrogens is 2. The summed E-state index contributed by atoms with van der Waals surface area (Å²) in [6, 6.07) is 13.5. The van der Waals surface area contributed by atoms with Crippen molar-refractivity contribution in [1.82, 2.24) is 9.78 Å². The van der Waals surface area contributed by atoms with E-state index in [9.17, 15) is 10.1 Å². The minimum absolute atomic E-state index is 0.0488. The van der Waals surface area contributed by atoms with E-state index in [0.717, 1.165) is 11.4 Å². The third-order valence-electron chi connectivity index (χ3n) is 3.20. The highest BCUT2D eigenvalue weighted by atomic mass is 35.5. The molecule has 24 heavy (non-hydrogen) atoms. The molecule has 6 nitrogen and oxygen atoms in total. The highest BCUT2D eigenvalue weighted by Gasteiger charge is 2.18. The maximum Gasteiger partial charge on any atom is 0.272 e. The van der Waals surface area contributed by atoms with Crippen LogP contribution < -0.4 is 4.74 Å². The highest BCUT2D eigenvalue weighted by Crippen LogP contribution is 2.39. The zero-order chi connectivity index (χ0) is 17.3. The molecular formula is C16H11Cl2N3O3. The minimum atomic E-state index is -0.570. The lowest BCUT2D eigenvalue weighted by molar-refractivity contribution is -0.384. The van der Waals surface area contributed by atoms with Gasteiger partial charge in [0.05, 0.1) is 26.3 Å². The molecular weight excluding hydrogens is 353 g/mol. The van der Waals surface area contributed by atoms with E-state index >= 15 is 0 Å². The molecule has 0 bridgehead atoms. The normalized spacial score (nSPS) is 10.6. The largest absolute Gasteiger partial charge is 0.436 e. The zero-order valence-corrected chi connectivity index (χ0v) is 14.0. The number of benzene rings is 2. The standard InChI is InChI=1S/C16H11Cl2N3O3/c1-10-7-15(20(19-10)11-5-3-2-4-6-11)24-16-13(17)8-12(21(22)23)9-14(16)18/h2-9H,1H3. The average molecular weight is 364 g/mol. The summed E-state index contributed by atoms with van der Waals surface area (Å²) < 4.78 is 7.40. The van der Waals surface area contributed by atoms with Gasteiger partial charge in [-0.2, -0.15) is 5.10 Å². The molecule has 122 valence electrons.